The van der Waals surface area contributed by atoms with Crippen molar-refractivity contribution >= 4 is 34.3 Å². The minimum atomic E-state index is -0.503. The van der Waals surface area contributed by atoms with Crippen molar-refractivity contribution in [1.29, 1.82) is 0 Å². The van der Waals surface area contributed by atoms with Crippen LogP contribution in [0.5, 0.6) is 5.75 Å². The highest BCUT2D eigenvalue weighted by molar-refractivity contribution is 7.10. The van der Waals surface area contributed by atoms with Crippen LogP contribution < -0.4 is 21.8 Å². The molecule has 0 radical (unpaired) electrons. The van der Waals surface area contributed by atoms with Crippen molar-refractivity contribution in [3.8, 4) is 5.75 Å². The molecule has 9 nitrogen and oxygen atoms in total. The highest BCUT2D eigenvalue weighted by Crippen LogP contribution is 2.32. The number of aromatic hydroxyl groups is 1. The second kappa shape index (κ2) is 10.5. The first kappa shape index (κ1) is 24.8. The van der Waals surface area contributed by atoms with Gasteiger partial charge in [0.25, 0.3) is 17.0 Å². The monoisotopic (exact) mass is 505 g/mol. The van der Waals surface area contributed by atoms with Gasteiger partial charge in [0.15, 0.2) is 5.75 Å². The van der Waals surface area contributed by atoms with E-state index in [9.17, 15) is 19.5 Å². The maximum absolute atomic E-state index is 13.6. The summed E-state index contributed by atoms with van der Waals surface area (Å²) in [5, 5.41) is 21.5. The average Bonchev–Trinajstić information content (AvgIpc) is 3.41. The first-order valence-corrected chi connectivity index (χ1v) is 12.2. The van der Waals surface area contributed by atoms with E-state index in [0.717, 1.165) is 10.4 Å². The van der Waals surface area contributed by atoms with Gasteiger partial charge in [-0.3, -0.25) is 19.5 Å². The largest absolute Gasteiger partial charge is 0.505 e. The third-order valence-corrected chi connectivity index (χ3v) is 6.67. The molecule has 0 aliphatic rings. The number of phenolic OH excluding ortho intramolecular Hbond substituents is 1. The summed E-state index contributed by atoms with van der Waals surface area (Å²) in [6.07, 6.45) is 0. The summed E-state index contributed by atoms with van der Waals surface area (Å²) in [7, 11) is 3.16. The number of para-hydroxylation sites is 1. The van der Waals surface area contributed by atoms with Crippen LogP contribution in [0.2, 0.25) is 0 Å². The SMILES string of the molecule is CC(Nc1c(Nc2cccc(C(=O)N(C)C)c2O)c(=O)n(Cc2ccccc2)[nH]c1=O)c1cccs1. The molecule has 1 unspecified atom stereocenters. The summed E-state index contributed by atoms with van der Waals surface area (Å²) in [5.41, 5.74) is 0.0241. The number of carbonyl (C=O) groups excluding carboxylic acids is 1. The summed E-state index contributed by atoms with van der Waals surface area (Å²) in [5.74, 6) is -0.712. The number of nitrogens with one attached hydrogen (secondary N) is 3. The summed E-state index contributed by atoms with van der Waals surface area (Å²) < 4.78 is 1.22. The summed E-state index contributed by atoms with van der Waals surface area (Å²) >= 11 is 1.52. The van der Waals surface area contributed by atoms with E-state index < -0.39 is 17.0 Å². The van der Waals surface area contributed by atoms with Crippen LogP contribution in [0.1, 0.15) is 33.8 Å². The molecule has 0 aliphatic heterocycles. The van der Waals surface area contributed by atoms with Gasteiger partial charge in [0.05, 0.1) is 23.8 Å². The van der Waals surface area contributed by atoms with E-state index in [0.29, 0.717) is 0 Å². The molecule has 2 aromatic carbocycles. The van der Waals surface area contributed by atoms with Crippen molar-refractivity contribution in [2.75, 3.05) is 24.7 Å². The lowest BCUT2D eigenvalue weighted by Crippen LogP contribution is -2.34. The zero-order chi connectivity index (χ0) is 25.8. The highest BCUT2D eigenvalue weighted by atomic mass is 32.1. The molecule has 2 aromatic heterocycles. The highest BCUT2D eigenvalue weighted by Gasteiger charge is 2.21. The number of phenols is 1. The second-order valence-electron chi connectivity index (χ2n) is 8.48. The Morgan fingerprint density at radius 3 is 2.47 bits per heavy atom. The Kier molecular flexibility index (Phi) is 7.25. The van der Waals surface area contributed by atoms with Gasteiger partial charge in [-0.2, -0.15) is 0 Å². The molecule has 4 aromatic rings. The quantitative estimate of drug-likeness (QED) is 0.269. The first-order chi connectivity index (χ1) is 17.3. The van der Waals surface area contributed by atoms with Crippen molar-refractivity contribution in [3.05, 3.63) is 103 Å². The number of aromatic amines is 1. The minimum Gasteiger partial charge on any atom is -0.505 e. The molecule has 2 heterocycles. The number of thiophene rings is 1. The van der Waals surface area contributed by atoms with Gasteiger partial charge in [-0.25, -0.2) is 4.68 Å². The number of benzene rings is 2. The lowest BCUT2D eigenvalue weighted by atomic mass is 10.1. The van der Waals surface area contributed by atoms with E-state index >= 15 is 0 Å². The molecule has 0 spiro atoms. The summed E-state index contributed by atoms with van der Waals surface area (Å²) in [6.45, 7) is 2.04. The lowest BCUT2D eigenvalue weighted by Gasteiger charge is -2.19. The smallest absolute Gasteiger partial charge is 0.291 e. The van der Waals surface area contributed by atoms with Crippen LogP contribution in [0.3, 0.4) is 0 Å². The second-order valence-corrected chi connectivity index (χ2v) is 9.45. The van der Waals surface area contributed by atoms with E-state index in [4.69, 9.17) is 0 Å². The van der Waals surface area contributed by atoms with Crippen molar-refractivity contribution in [2.45, 2.75) is 19.5 Å². The number of aromatic nitrogens is 2. The molecule has 1 atom stereocenters. The normalized spacial score (nSPS) is 11.6. The van der Waals surface area contributed by atoms with Gasteiger partial charge in [0.1, 0.15) is 11.4 Å². The predicted octanol–water partition coefficient (Wildman–Crippen LogP) is 3.97. The standard InChI is InChI=1S/C26H27N5O4S/c1-16(20-13-8-14-36-20)27-21-22(28-19-12-7-11-18(23(19)32)25(34)30(2)3)26(35)31(29-24(21)33)15-17-9-5-4-6-10-17/h4-14,16,27-28,32H,15H2,1-3H3,(H,29,33). The van der Waals surface area contributed by atoms with Crippen LogP contribution in [-0.4, -0.2) is 39.8 Å². The third-order valence-electron chi connectivity index (χ3n) is 5.62. The molecule has 4 N–H and O–H groups in total. The van der Waals surface area contributed by atoms with Crippen LogP contribution >= 0.6 is 11.3 Å². The lowest BCUT2D eigenvalue weighted by molar-refractivity contribution is 0.0824. The van der Waals surface area contributed by atoms with Gasteiger partial charge in [-0.1, -0.05) is 42.5 Å². The molecule has 0 fully saturated rings. The Labute approximate surface area is 211 Å². The number of hydrogen-bond donors (Lipinski definition) is 4. The molecule has 0 saturated heterocycles. The summed E-state index contributed by atoms with van der Waals surface area (Å²) in [4.78, 5) is 41.6. The molecule has 0 bridgehead atoms. The van der Waals surface area contributed by atoms with Crippen molar-refractivity contribution in [3.63, 3.8) is 0 Å². The molecule has 1 amide bonds. The fourth-order valence-electron chi connectivity index (χ4n) is 3.73. The van der Waals surface area contributed by atoms with Gasteiger partial charge in [-0.15, -0.1) is 11.3 Å². The van der Waals surface area contributed by atoms with Crippen LogP contribution in [0.4, 0.5) is 17.1 Å². The third kappa shape index (κ3) is 5.18. The van der Waals surface area contributed by atoms with Crippen molar-refractivity contribution in [1.82, 2.24) is 14.7 Å². The number of anilines is 3. The molecule has 10 heteroatoms. The van der Waals surface area contributed by atoms with E-state index in [2.05, 4.69) is 15.7 Å². The maximum Gasteiger partial charge on any atom is 0.291 e. The van der Waals surface area contributed by atoms with Gasteiger partial charge in [0.2, 0.25) is 0 Å². The zero-order valence-electron chi connectivity index (χ0n) is 20.1. The van der Waals surface area contributed by atoms with E-state index in [1.807, 2.05) is 54.8 Å². The van der Waals surface area contributed by atoms with Gasteiger partial charge in [0, 0.05) is 19.0 Å². The molecule has 186 valence electrons. The predicted molar refractivity (Wildman–Crippen MR) is 143 cm³/mol. The minimum absolute atomic E-state index is 0.0361. The first-order valence-electron chi connectivity index (χ1n) is 11.3. The number of carbonyl (C=O) groups is 1. The van der Waals surface area contributed by atoms with Gasteiger partial charge < -0.3 is 20.6 Å². The summed E-state index contributed by atoms with van der Waals surface area (Å²) in [6, 6.07) is 17.5. The van der Waals surface area contributed by atoms with Crippen molar-refractivity contribution < 1.29 is 9.90 Å². The Morgan fingerprint density at radius 2 is 1.81 bits per heavy atom. The Balaban J connectivity index is 1.81. The average molecular weight is 506 g/mol. The number of amides is 1. The number of H-pyrrole nitrogens is 1. The van der Waals surface area contributed by atoms with Crippen LogP contribution in [0.25, 0.3) is 0 Å². The van der Waals surface area contributed by atoms with E-state index in [-0.39, 0.29) is 41.0 Å². The van der Waals surface area contributed by atoms with Crippen LogP contribution in [-0.2, 0) is 6.54 Å². The molecular weight excluding hydrogens is 478 g/mol. The molecule has 4 rings (SSSR count). The fraction of sp³-hybridized carbons (Fsp3) is 0.192. The Bertz CT molecular complexity index is 1480. The Hall–Kier alpha value is -4.31. The van der Waals surface area contributed by atoms with Gasteiger partial charge >= 0.3 is 0 Å². The molecule has 0 aliphatic carbocycles. The number of nitrogens with zero attached hydrogens (tertiary/aromatic N) is 2. The van der Waals surface area contributed by atoms with E-state index in [1.165, 1.54) is 33.1 Å². The number of hydrogen-bond acceptors (Lipinski definition) is 7. The maximum atomic E-state index is 13.6. The fourth-order valence-corrected chi connectivity index (χ4v) is 4.47. The van der Waals surface area contributed by atoms with Crippen molar-refractivity contribution in [2.24, 2.45) is 0 Å². The molecule has 36 heavy (non-hydrogen) atoms. The van der Waals surface area contributed by atoms with Crippen LogP contribution in [0.15, 0.2) is 75.6 Å². The molecule has 0 saturated carbocycles. The topological polar surface area (TPSA) is 119 Å². The van der Waals surface area contributed by atoms with Crippen LogP contribution in [0, 0.1) is 0 Å². The Morgan fingerprint density at radius 1 is 1.06 bits per heavy atom. The molecular formula is C26H27N5O4S. The number of rotatable bonds is 8. The zero-order valence-corrected chi connectivity index (χ0v) is 20.9. The van der Waals surface area contributed by atoms with E-state index in [1.54, 1.807) is 20.2 Å². The van der Waals surface area contributed by atoms with Gasteiger partial charge in [-0.05, 0) is 36.1 Å².